The smallest absolute Gasteiger partial charge is 0.277 e. The third-order valence-electron chi connectivity index (χ3n) is 3.13. The van der Waals surface area contributed by atoms with E-state index in [0.29, 0.717) is 0 Å². The number of thioether (sulfide) groups is 1. The molecule has 2 N–H and O–H groups in total. The van der Waals surface area contributed by atoms with Gasteiger partial charge in [0.2, 0.25) is 11.8 Å². The number of nitrogens with one attached hydrogen (secondary N) is 2. The Morgan fingerprint density at radius 2 is 1.96 bits per heavy atom. The van der Waals surface area contributed by atoms with Gasteiger partial charge in [-0.1, -0.05) is 23.9 Å². The molecule has 0 spiro atoms. The van der Waals surface area contributed by atoms with Gasteiger partial charge in [0.25, 0.3) is 11.1 Å². The summed E-state index contributed by atoms with van der Waals surface area (Å²) >= 11 is 1.03. The van der Waals surface area contributed by atoms with Gasteiger partial charge in [0.1, 0.15) is 0 Å². The summed E-state index contributed by atoms with van der Waals surface area (Å²) in [5.74, 6) is -0.832. The van der Waals surface area contributed by atoms with Gasteiger partial charge >= 0.3 is 0 Å². The van der Waals surface area contributed by atoms with E-state index in [1.165, 1.54) is 12.1 Å². The van der Waals surface area contributed by atoms with Crippen molar-refractivity contribution in [3.63, 3.8) is 0 Å². The first-order valence-corrected chi connectivity index (χ1v) is 9.27. The van der Waals surface area contributed by atoms with Gasteiger partial charge in [0, 0.05) is 6.04 Å². The number of rotatable bonds is 9. The van der Waals surface area contributed by atoms with E-state index in [4.69, 9.17) is 9.15 Å². The quantitative estimate of drug-likeness (QED) is 0.625. The highest BCUT2D eigenvalue weighted by Crippen LogP contribution is 2.25. The Kier molecular flexibility index (Phi) is 7.59. The van der Waals surface area contributed by atoms with E-state index in [9.17, 15) is 14.0 Å². The van der Waals surface area contributed by atoms with Crippen LogP contribution < -0.4 is 15.4 Å². The SMILES string of the molecule is CC(C)NC(=O)CNC(=O)CSc1nnc([C@@H](C)Oc2ccccc2F)o1. The van der Waals surface area contributed by atoms with Crippen molar-refractivity contribution in [3.05, 3.63) is 36.0 Å². The van der Waals surface area contributed by atoms with E-state index < -0.39 is 11.9 Å². The highest BCUT2D eigenvalue weighted by Gasteiger charge is 2.18. The van der Waals surface area contributed by atoms with Crippen LogP contribution in [0.15, 0.2) is 33.9 Å². The van der Waals surface area contributed by atoms with E-state index in [1.807, 2.05) is 13.8 Å². The molecule has 0 aliphatic rings. The molecule has 1 aromatic heterocycles. The largest absolute Gasteiger partial charge is 0.478 e. The Hall–Kier alpha value is -2.62. The molecule has 0 saturated heterocycles. The van der Waals surface area contributed by atoms with Gasteiger partial charge in [-0.25, -0.2) is 4.39 Å². The van der Waals surface area contributed by atoms with Gasteiger partial charge in [-0.05, 0) is 32.9 Å². The van der Waals surface area contributed by atoms with Gasteiger partial charge in [-0.2, -0.15) is 0 Å². The van der Waals surface area contributed by atoms with Gasteiger partial charge < -0.3 is 19.8 Å². The fourth-order valence-corrected chi connectivity index (χ4v) is 2.55. The lowest BCUT2D eigenvalue weighted by atomic mass is 10.3. The fourth-order valence-electron chi connectivity index (χ4n) is 1.95. The average Bonchev–Trinajstić information content (AvgIpc) is 3.09. The topological polar surface area (TPSA) is 106 Å². The third-order valence-corrected chi connectivity index (χ3v) is 3.95. The van der Waals surface area contributed by atoms with E-state index >= 15 is 0 Å². The van der Waals surface area contributed by atoms with Crippen LogP contribution >= 0.6 is 11.8 Å². The van der Waals surface area contributed by atoms with Crippen molar-refractivity contribution < 1.29 is 23.1 Å². The van der Waals surface area contributed by atoms with E-state index in [1.54, 1.807) is 19.1 Å². The average molecular weight is 396 g/mol. The number of benzene rings is 1. The van der Waals surface area contributed by atoms with Crippen molar-refractivity contribution in [1.82, 2.24) is 20.8 Å². The van der Waals surface area contributed by atoms with Crippen molar-refractivity contribution in [2.24, 2.45) is 0 Å². The van der Waals surface area contributed by atoms with Crippen LogP contribution in [0, 0.1) is 5.82 Å². The number of nitrogens with zero attached hydrogens (tertiary/aromatic N) is 2. The highest BCUT2D eigenvalue weighted by atomic mass is 32.2. The zero-order chi connectivity index (χ0) is 19.8. The van der Waals surface area contributed by atoms with Crippen LogP contribution in [0.1, 0.15) is 32.8 Å². The number of aromatic nitrogens is 2. The van der Waals surface area contributed by atoms with Crippen LogP contribution in [0.4, 0.5) is 4.39 Å². The number of carbonyl (C=O) groups is 2. The number of halogens is 1. The summed E-state index contributed by atoms with van der Waals surface area (Å²) in [5, 5.41) is 13.0. The van der Waals surface area contributed by atoms with Crippen molar-refractivity contribution >= 4 is 23.6 Å². The molecule has 1 aromatic carbocycles. The molecule has 2 rings (SSSR count). The fraction of sp³-hybridized carbons (Fsp3) is 0.412. The minimum Gasteiger partial charge on any atom is -0.478 e. The van der Waals surface area contributed by atoms with Crippen molar-refractivity contribution in [2.45, 2.75) is 38.1 Å². The van der Waals surface area contributed by atoms with Gasteiger partial charge in [0.15, 0.2) is 17.7 Å². The molecule has 0 saturated carbocycles. The number of ether oxygens (including phenoxy) is 1. The number of carbonyl (C=O) groups excluding carboxylic acids is 2. The molecule has 27 heavy (non-hydrogen) atoms. The van der Waals surface area contributed by atoms with Gasteiger partial charge in [-0.15, -0.1) is 10.2 Å². The molecule has 2 aromatic rings. The predicted octanol–water partition coefficient (Wildman–Crippen LogP) is 2.08. The Morgan fingerprint density at radius 1 is 1.22 bits per heavy atom. The number of hydrogen-bond donors (Lipinski definition) is 2. The zero-order valence-electron chi connectivity index (χ0n) is 15.2. The second-order valence-electron chi connectivity index (χ2n) is 5.88. The maximum atomic E-state index is 13.6. The summed E-state index contributed by atoms with van der Waals surface area (Å²) in [6.07, 6.45) is -0.655. The number of amides is 2. The summed E-state index contributed by atoms with van der Waals surface area (Å²) in [6.45, 7) is 5.22. The lowest BCUT2D eigenvalue weighted by Crippen LogP contribution is -2.40. The highest BCUT2D eigenvalue weighted by molar-refractivity contribution is 7.99. The molecule has 0 unspecified atom stereocenters. The van der Waals surface area contributed by atoms with Crippen LogP contribution in [0.25, 0.3) is 0 Å². The van der Waals surface area contributed by atoms with Crippen molar-refractivity contribution in [2.75, 3.05) is 12.3 Å². The molecule has 0 bridgehead atoms. The lowest BCUT2D eigenvalue weighted by Gasteiger charge is -2.11. The normalized spacial score (nSPS) is 11.9. The first-order chi connectivity index (χ1) is 12.8. The molecule has 0 radical (unpaired) electrons. The second-order valence-corrected chi connectivity index (χ2v) is 6.81. The van der Waals surface area contributed by atoms with Crippen molar-refractivity contribution in [3.8, 4) is 5.75 Å². The molecule has 8 nitrogen and oxygen atoms in total. The molecule has 146 valence electrons. The van der Waals surface area contributed by atoms with Crippen LogP contribution in [-0.2, 0) is 9.59 Å². The zero-order valence-corrected chi connectivity index (χ0v) is 16.0. The number of para-hydroxylation sites is 1. The van der Waals surface area contributed by atoms with E-state index in [-0.39, 0.29) is 47.0 Å². The Bertz CT molecular complexity index is 784. The molecule has 1 heterocycles. The standard InChI is InChI=1S/C17H21FN4O4S/c1-10(2)20-14(23)8-19-15(24)9-27-17-22-21-16(26-17)11(3)25-13-7-5-4-6-12(13)18/h4-7,10-11H,8-9H2,1-3H3,(H,19,24)(H,20,23)/t11-/m1/s1. The van der Waals surface area contributed by atoms with E-state index in [0.717, 1.165) is 11.8 Å². The lowest BCUT2D eigenvalue weighted by molar-refractivity contribution is -0.125. The van der Waals surface area contributed by atoms with E-state index in [2.05, 4.69) is 20.8 Å². The molecule has 0 fully saturated rings. The molecule has 0 aliphatic heterocycles. The monoisotopic (exact) mass is 396 g/mol. The second kappa shape index (κ2) is 9.91. The molecule has 10 heteroatoms. The van der Waals surface area contributed by atoms with Crippen LogP contribution in [-0.4, -0.2) is 40.4 Å². The summed E-state index contributed by atoms with van der Waals surface area (Å²) in [6, 6.07) is 6.01. The molecule has 1 atom stereocenters. The van der Waals surface area contributed by atoms with Gasteiger partial charge in [0.05, 0.1) is 12.3 Å². The Morgan fingerprint density at radius 3 is 2.67 bits per heavy atom. The van der Waals surface area contributed by atoms with Gasteiger partial charge in [-0.3, -0.25) is 9.59 Å². The molecule has 2 amide bonds. The number of hydrogen-bond acceptors (Lipinski definition) is 7. The summed E-state index contributed by atoms with van der Waals surface area (Å²) in [5.41, 5.74) is 0. The Balaban J connectivity index is 1.79. The third kappa shape index (κ3) is 6.89. The Labute approximate surface area is 160 Å². The van der Waals surface area contributed by atoms with Crippen molar-refractivity contribution in [1.29, 1.82) is 0 Å². The summed E-state index contributed by atoms with van der Waals surface area (Å²) in [4.78, 5) is 23.2. The van der Waals surface area contributed by atoms with Crippen LogP contribution in [0.2, 0.25) is 0 Å². The summed E-state index contributed by atoms with van der Waals surface area (Å²) in [7, 11) is 0. The van der Waals surface area contributed by atoms with Crippen LogP contribution in [0.3, 0.4) is 0 Å². The maximum Gasteiger partial charge on any atom is 0.277 e. The first kappa shape index (κ1) is 20.7. The minimum absolute atomic E-state index is 0.00848. The summed E-state index contributed by atoms with van der Waals surface area (Å²) < 4.78 is 24.5. The van der Waals surface area contributed by atoms with Crippen LogP contribution in [0.5, 0.6) is 5.75 Å². The molecular weight excluding hydrogens is 375 g/mol. The molecular formula is C17H21FN4O4S. The minimum atomic E-state index is -0.655. The molecule has 0 aliphatic carbocycles. The first-order valence-electron chi connectivity index (χ1n) is 8.28. The predicted molar refractivity (Wildman–Crippen MR) is 96.8 cm³/mol. The maximum absolute atomic E-state index is 13.6.